The van der Waals surface area contributed by atoms with Crippen molar-refractivity contribution in [1.29, 1.82) is 0 Å². The van der Waals surface area contributed by atoms with Crippen molar-refractivity contribution in [1.82, 2.24) is 9.88 Å². The second kappa shape index (κ2) is 9.18. The van der Waals surface area contributed by atoms with Crippen molar-refractivity contribution < 1.29 is 19.1 Å². The number of carbonyl (C=O) groups is 2. The van der Waals surface area contributed by atoms with E-state index in [0.29, 0.717) is 40.9 Å². The molecule has 0 aliphatic carbocycles. The molecule has 4 rings (SSSR count). The Morgan fingerprint density at radius 2 is 2.03 bits per heavy atom. The first-order chi connectivity index (χ1) is 15.1. The minimum atomic E-state index is -0.293. The molecule has 1 N–H and O–H groups in total. The van der Waals surface area contributed by atoms with Gasteiger partial charge in [-0.15, -0.1) is 11.3 Å². The van der Waals surface area contributed by atoms with Crippen LogP contribution in [0.3, 0.4) is 0 Å². The van der Waals surface area contributed by atoms with Crippen molar-refractivity contribution in [3.8, 4) is 22.1 Å². The third kappa shape index (κ3) is 4.54. The molecule has 7 nitrogen and oxygen atoms in total. The van der Waals surface area contributed by atoms with Gasteiger partial charge >= 0.3 is 0 Å². The highest BCUT2D eigenvalue weighted by Gasteiger charge is 2.20. The molecule has 0 atom stereocenters. The molecule has 0 saturated carbocycles. The van der Waals surface area contributed by atoms with E-state index < -0.39 is 0 Å². The molecule has 0 unspecified atom stereocenters. The van der Waals surface area contributed by atoms with Gasteiger partial charge in [-0.3, -0.25) is 9.59 Å². The second-order valence-corrected chi connectivity index (χ2v) is 8.01. The summed E-state index contributed by atoms with van der Waals surface area (Å²) in [7, 11) is 3.15. The van der Waals surface area contributed by atoms with Crippen LogP contribution in [0.2, 0.25) is 0 Å². The van der Waals surface area contributed by atoms with Crippen LogP contribution < -0.4 is 14.8 Å². The van der Waals surface area contributed by atoms with E-state index in [1.807, 2.05) is 47.4 Å². The lowest BCUT2D eigenvalue weighted by molar-refractivity contribution is -0.128. The molecular weight excluding hydrogens is 414 g/mol. The van der Waals surface area contributed by atoms with Gasteiger partial charge in [0.25, 0.3) is 5.91 Å². The van der Waals surface area contributed by atoms with Gasteiger partial charge < -0.3 is 19.7 Å². The Hall–Kier alpha value is -3.39. The van der Waals surface area contributed by atoms with Crippen LogP contribution in [-0.2, 0) is 11.3 Å². The molecule has 160 valence electrons. The molecule has 1 aromatic heterocycles. The predicted molar refractivity (Wildman–Crippen MR) is 120 cm³/mol. The van der Waals surface area contributed by atoms with Crippen molar-refractivity contribution in [3.63, 3.8) is 0 Å². The Bertz CT molecular complexity index is 1110. The summed E-state index contributed by atoms with van der Waals surface area (Å²) in [6.07, 6.45) is 1.51. The van der Waals surface area contributed by atoms with Gasteiger partial charge in [-0.05, 0) is 36.2 Å². The zero-order valence-electron chi connectivity index (χ0n) is 17.4. The SMILES string of the molecule is COc1cccc(-c2nc(C(=O)Nc3cccc(CN4CCCC4=O)c3)cs2)c1OC. The summed E-state index contributed by atoms with van der Waals surface area (Å²) in [6, 6.07) is 13.1. The summed E-state index contributed by atoms with van der Waals surface area (Å²) < 4.78 is 10.8. The number of amides is 2. The van der Waals surface area contributed by atoms with Crippen molar-refractivity contribution >= 4 is 28.8 Å². The zero-order chi connectivity index (χ0) is 21.8. The van der Waals surface area contributed by atoms with E-state index in [1.165, 1.54) is 11.3 Å². The number of likely N-dealkylation sites (tertiary alicyclic amines) is 1. The standard InChI is InChI=1S/C23H23N3O4S/c1-29-19-9-4-8-17(21(19)30-2)23-25-18(14-31-23)22(28)24-16-7-3-6-15(12-16)13-26-11-5-10-20(26)27/h3-4,6-9,12,14H,5,10-11,13H2,1-2H3,(H,24,28). The van der Waals surface area contributed by atoms with E-state index in [4.69, 9.17) is 9.47 Å². The minimum Gasteiger partial charge on any atom is -0.493 e. The smallest absolute Gasteiger partial charge is 0.275 e. The van der Waals surface area contributed by atoms with Crippen LogP contribution in [0.4, 0.5) is 5.69 Å². The van der Waals surface area contributed by atoms with Crippen LogP contribution in [0.15, 0.2) is 47.8 Å². The van der Waals surface area contributed by atoms with Crippen LogP contribution in [0.1, 0.15) is 28.9 Å². The van der Waals surface area contributed by atoms with Crippen molar-refractivity contribution in [2.75, 3.05) is 26.1 Å². The second-order valence-electron chi connectivity index (χ2n) is 7.15. The maximum absolute atomic E-state index is 12.8. The summed E-state index contributed by atoms with van der Waals surface area (Å²) >= 11 is 1.36. The molecule has 1 fully saturated rings. The predicted octanol–water partition coefficient (Wildman–Crippen LogP) is 4.20. The number of benzene rings is 2. The Balaban J connectivity index is 1.49. The van der Waals surface area contributed by atoms with Crippen LogP contribution in [0, 0.1) is 0 Å². The fourth-order valence-corrected chi connectivity index (χ4v) is 4.41. The summed E-state index contributed by atoms with van der Waals surface area (Å²) in [4.78, 5) is 31.0. The number of anilines is 1. The maximum atomic E-state index is 12.8. The topological polar surface area (TPSA) is 80.8 Å². The van der Waals surface area contributed by atoms with Crippen molar-refractivity contribution in [2.24, 2.45) is 0 Å². The lowest BCUT2D eigenvalue weighted by atomic mass is 10.2. The van der Waals surface area contributed by atoms with Crippen molar-refractivity contribution in [2.45, 2.75) is 19.4 Å². The molecule has 0 radical (unpaired) electrons. The lowest BCUT2D eigenvalue weighted by Gasteiger charge is -2.16. The lowest BCUT2D eigenvalue weighted by Crippen LogP contribution is -2.23. The fourth-order valence-electron chi connectivity index (χ4n) is 3.59. The third-order valence-corrected chi connectivity index (χ3v) is 5.98. The highest BCUT2D eigenvalue weighted by atomic mass is 32.1. The number of thiazole rings is 1. The average Bonchev–Trinajstić information content (AvgIpc) is 3.43. The molecule has 1 aliphatic rings. The number of aromatic nitrogens is 1. The summed E-state index contributed by atoms with van der Waals surface area (Å²) in [5.41, 5.74) is 2.74. The van der Waals surface area contributed by atoms with E-state index in [1.54, 1.807) is 19.6 Å². The normalized spacial score (nSPS) is 13.4. The van der Waals surface area contributed by atoms with E-state index in [-0.39, 0.29) is 11.8 Å². The summed E-state index contributed by atoms with van der Waals surface area (Å²) in [5.74, 6) is 1.07. The van der Waals surface area contributed by atoms with E-state index in [0.717, 1.165) is 24.1 Å². The van der Waals surface area contributed by atoms with Gasteiger partial charge in [0, 0.05) is 30.6 Å². The maximum Gasteiger partial charge on any atom is 0.275 e. The van der Waals surface area contributed by atoms with Crippen LogP contribution in [0.25, 0.3) is 10.6 Å². The minimum absolute atomic E-state index is 0.178. The molecule has 2 amide bonds. The van der Waals surface area contributed by atoms with Gasteiger partial charge in [0.15, 0.2) is 11.5 Å². The number of nitrogens with zero attached hydrogens (tertiary/aromatic N) is 2. The molecule has 0 bridgehead atoms. The van der Waals surface area contributed by atoms with Crippen LogP contribution in [0.5, 0.6) is 11.5 Å². The number of hydrogen-bond acceptors (Lipinski definition) is 6. The number of para-hydroxylation sites is 1. The first-order valence-electron chi connectivity index (χ1n) is 9.94. The molecule has 1 saturated heterocycles. The average molecular weight is 438 g/mol. The number of nitrogens with one attached hydrogen (secondary N) is 1. The largest absolute Gasteiger partial charge is 0.493 e. The van der Waals surface area contributed by atoms with Crippen LogP contribution >= 0.6 is 11.3 Å². The number of hydrogen-bond donors (Lipinski definition) is 1. The van der Waals surface area contributed by atoms with Gasteiger partial charge in [-0.1, -0.05) is 18.2 Å². The molecule has 2 aromatic carbocycles. The fraction of sp³-hybridized carbons (Fsp3) is 0.261. The summed E-state index contributed by atoms with van der Waals surface area (Å²) in [5, 5.41) is 5.28. The first kappa shape index (κ1) is 20.9. The Morgan fingerprint density at radius 3 is 2.77 bits per heavy atom. The Morgan fingerprint density at radius 1 is 1.19 bits per heavy atom. The zero-order valence-corrected chi connectivity index (χ0v) is 18.2. The number of carbonyl (C=O) groups excluding carboxylic acids is 2. The van der Waals surface area contributed by atoms with Crippen molar-refractivity contribution in [3.05, 3.63) is 59.1 Å². The number of methoxy groups -OCH3 is 2. The Kier molecular flexibility index (Phi) is 6.18. The number of ether oxygens (including phenoxy) is 2. The summed E-state index contributed by atoms with van der Waals surface area (Å²) in [6.45, 7) is 1.34. The molecule has 1 aliphatic heterocycles. The van der Waals surface area contributed by atoms with Crippen LogP contribution in [-0.4, -0.2) is 42.5 Å². The third-order valence-electron chi connectivity index (χ3n) is 5.10. The monoisotopic (exact) mass is 437 g/mol. The first-order valence-corrected chi connectivity index (χ1v) is 10.8. The highest BCUT2D eigenvalue weighted by Crippen LogP contribution is 2.39. The van der Waals surface area contributed by atoms with E-state index in [9.17, 15) is 9.59 Å². The van der Waals surface area contributed by atoms with Gasteiger partial charge in [-0.2, -0.15) is 0 Å². The van der Waals surface area contributed by atoms with Gasteiger partial charge in [-0.25, -0.2) is 4.98 Å². The highest BCUT2D eigenvalue weighted by molar-refractivity contribution is 7.13. The molecule has 8 heteroatoms. The molecule has 31 heavy (non-hydrogen) atoms. The molecule has 3 aromatic rings. The molecular formula is C23H23N3O4S. The quantitative estimate of drug-likeness (QED) is 0.599. The van der Waals surface area contributed by atoms with Gasteiger partial charge in [0.05, 0.1) is 19.8 Å². The van der Waals surface area contributed by atoms with E-state index in [2.05, 4.69) is 10.3 Å². The van der Waals surface area contributed by atoms with Gasteiger partial charge in [0.2, 0.25) is 5.91 Å². The van der Waals surface area contributed by atoms with Gasteiger partial charge in [0.1, 0.15) is 10.7 Å². The Labute approximate surface area is 184 Å². The number of rotatable bonds is 7. The molecule has 0 spiro atoms. The molecule has 2 heterocycles. The van der Waals surface area contributed by atoms with E-state index >= 15 is 0 Å².